The number of hydrogen-bond donors (Lipinski definition) is 1. The third-order valence-corrected chi connectivity index (χ3v) is 4.96. The Bertz CT molecular complexity index is 536. The SMILES string of the molecule is CNC(c1ccc2c(c1)COC2)C1CC(C)(C)OC1(C)C. The summed E-state index contributed by atoms with van der Waals surface area (Å²) in [6.07, 6.45) is 1.07. The maximum atomic E-state index is 6.28. The van der Waals surface area contributed by atoms with Gasteiger partial charge < -0.3 is 14.8 Å². The second kappa shape index (κ2) is 5.08. The van der Waals surface area contributed by atoms with E-state index in [4.69, 9.17) is 9.47 Å². The first kappa shape index (κ1) is 15.0. The van der Waals surface area contributed by atoms with Gasteiger partial charge in [-0.3, -0.25) is 0 Å². The van der Waals surface area contributed by atoms with Crippen molar-refractivity contribution in [3.63, 3.8) is 0 Å². The lowest BCUT2D eigenvalue weighted by Gasteiger charge is -2.33. The van der Waals surface area contributed by atoms with E-state index in [2.05, 4.69) is 58.3 Å². The van der Waals surface area contributed by atoms with Crippen molar-refractivity contribution < 1.29 is 9.47 Å². The van der Waals surface area contributed by atoms with Gasteiger partial charge in [-0.25, -0.2) is 0 Å². The average molecular weight is 289 g/mol. The van der Waals surface area contributed by atoms with Gasteiger partial charge >= 0.3 is 0 Å². The van der Waals surface area contributed by atoms with E-state index in [0.29, 0.717) is 12.0 Å². The van der Waals surface area contributed by atoms with Crippen LogP contribution in [0.1, 0.15) is 56.8 Å². The molecule has 3 heteroatoms. The van der Waals surface area contributed by atoms with Crippen molar-refractivity contribution in [1.29, 1.82) is 0 Å². The van der Waals surface area contributed by atoms with E-state index in [0.717, 1.165) is 19.6 Å². The van der Waals surface area contributed by atoms with E-state index in [1.807, 2.05) is 0 Å². The Morgan fingerprint density at radius 1 is 1.14 bits per heavy atom. The standard InChI is InChI=1S/C18H27NO2/c1-17(2)9-15(18(3,4)21-17)16(19-5)12-6-7-13-10-20-11-14(13)8-12/h6-8,15-16,19H,9-11H2,1-5H3. The van der Waals surface area contributed by atoms with Crippen LogP contribution in [-0.2, 0) is 22.7 Å². The zero-order valence-electron chi connectivity index (χ0n) is 13.8. The van der Waals surface area contributed by atoms with E-state index >= 15 is 0 Å². The Morgan fingerprint density at radius 2 is 1.86 bits per heavy atom. The van der Waals surface area contributed by atoms with Gasteiger partial charge in [0, 0.05) is 12.0 Å². The van der Waals surface area contributed by atoms with Crippen LogP contribution in [0.2, 0.25) is 0 Å². The Morgan fingerprint density at radius 3 is 2.48 bits per heavy atom. The van der Waals surface area contributed by atoms with Crippen LogP contribution in [0.25, 0.3) is 0 Å². The van der Waals surface area contributed by atoms with Gasteiger partial charge in [-0.2, -0.15) is 0 Å². The first-order valence-electron chi connectivity index (χ1n) is 7.89. The summed E-state index contributed by atoms with van der Waals surface area (Å²) >= 11 is 0. The maximum Gasteiger partial charge on any atom is 0.0725 e. The fraction of sp³-hybridized carbons (Fsp3) is 0.667. The Labute approximate surface area is 128 Å². The number of nitrogens with one attached hydrogen (secondary N) is 1. The predicted molar refractivity (Wildman–Crippen MR) is 84.1 cm³/mol. The second-order valence-electron chi connectivity index (χ2n) is 7.56. The van der Waals surface area contributed by atoms with Gasteiger partial charge in [-0.1, -0.05) is 18.2 Å². The van der Waals surface area contributed by atoms with Gasteiger partial charge in [-0.05, 0) is 57.9 Å². The van der Waals surface area contributed by atoms with Crippen LogP contribution >= 0.6 is 0 Å². The number of ether oxygens (including phenoxy) is 2. The second-order valence-corrected chi connectivity index (χ2v) is 7.56. The number of rotatable bonds is 3. The summed E-state index contributed by atoms with van der Waals surface area (Å²) in [5.74, 6) is 0.456. The molecule has 0 radical (unpaired) electrons. The van der Waals surface area contributed by atoms with E-state index in [-0.39, 0.29) is 11.2 Å². The molecule has 2 aliphatic rings. The van der Waals surface area contributed by atoms with Crippen LogP contribution in [0.5, 0.6) is 0 Å². The van der Waals surface area contributed by atoms with Crippen molar-refractivity contribution in [3.05, 3.63) is 34.9 Å². The van der Waals surface area contributed by atoms with Crippen molar-refractivity contribution in [3.8, 4) is 0 Å². The molecule has 0 bridgehead atoms. The minimum atomic E-state index is -0.118. The molecule has 21 heavy (non-hydrogen) atoms. The topological polar surface area (TPSA) is 30.5 Å². The molecule has 1 fully saturated rings. The first-order chi connectivity index (χ1) is 9.82. The molecule has 3 rings (SSSR count). The Hall–Kier alpha value is -0.900. The number of benzene rings is 1. The van der Waals surface area contributed by atoms with E-state index < -0.39 is 0 Å². The highest BCUT2D eigenvalue weighted by atomic mass is 16.5. The van der Waals surface area contributed by atoms with E-state index in [1.165, 1.54) is 16.7 Å². The smallest absolute Gasteiger partial charge is 0.0725 e. The summed E-state index contributed by atoms with van der Waals surface area (Å²) in [7, 11) is 2.05. The molecule has 3 nitrogen and oxygen atoms in total. The molecule has 0 spiro atoms. The highest BCUT2D eigenvalue weighted by Crippen LogP contribution is 2.47. The molecular formula is C18H27NO2. The van der Waals surface area contributed by atoms with E-state index in [1.54, 1.807) is 0 Å². The van der Waals surface area contributed by atoms with Crippen LogP contribution in [0, 0.1) is 5.92 Å². The van der Waals surface area contributed by atoms with Crippen molar-refractivity contribution in [2.75, 3.05) is 7.05 Å². The quantitative estimate of drug-likeness (QED) is 0.922. The Kier molecular flexibility index (Phi) is 3.63. The summed E-state index contributed by atoms with van der Waals surface area (Å²) in [6.45, 7) is 10.3. The minimum absolute atomic E-state index is 0.0525. The lowest BCUT2D eigenvalue weighted by molar-refractivity contribution is -0.0776. The molecule has 1 aromatic rings. The normalized spacial score (nSPS) is 27.6. The van der Waals surface area contributed by atoms with Crippen molar-refractivity contribution in [2.24, 2.45) is 5.92 Å². The number of fused-ring (bicyclic) bond motifs is 1. The van der Waals surface area contributed by atoms with Crippen LogP contribution in [-0.4, -0.2) is 18.2 Å². The highest BCUT2D eigenvalue weighted by molar-refractivity contribution is 5.35. The molecular weight excluding hydrogens is 262 g/mol. The molecule has 2 unspecified atom stereocenters. The van der Waals surface area contributed by atoms with Gasteiger partial charge in [0.2, 0.25) is 0 Å². The molecule has 2 atom stereocenters. The third kappa shape index (κ3) is 2.75. The van der Waals surface area contributed by atoms with Crippen LogP contribution in [0.15, 0.2) is 18.2 Å². The zero-order chi connectivity index (χ0) is 15.3. The van der Waals surface area contributed by atoms with Crippen LogP contribution in [0.4, 0.5) is 0 Å². The molecule has 1 saturated heterocycles. The molecule has 0 saturated carbocycles. The Balaban J connectivity index is 1.92. The fourth-order valence-corrected chi connectivity index (χ4v) is 4.11. The van der Waals surface area contributed by atoms with Gasteiger partial charge in [0.05, 0.1) is 24.4 Å². The molecule has 0 aromatic heterocycles. The predicted octanol–water partition coefficient (Wildman–Crippen LogP) is 3.57. The molecule has 2 heterocycles. The van der Waals surface area contributed by atoms with Crippen molar-refractivity contribution >= 4 is 0 Å². The molecule has 116 valence electrons. The molecule has 0 aliphatic carbocycles. The summed E-state index contributed by atoms with van der Waals surface area (Å²) in [4.78, 5) is 0. The van der Waals surface area contributed by atoms with Crippen molar-refractivity contribution in [1.82, 2.24) is 5.32 Å². The molecule has 2 aliphatic heterocycles. The molecule has 1 N–H and O–H groups in total. The number of hydrogen-bond acceptors (Lipinski definition) is 3. The summed E-state index contributed by atoms with van der Waals surface area (Å²) in [5, 5.41) is 3.52. The summed E-state index contributed by atoms with van der Waals surface area (Å²) in [6, 6.07) is 7.09. The third-order valence-electron chi connectivity index (χ3n) is 4.96. The van der Waals surface area contributed by atoms with Crippen LogP contribution in [0.3, 0.4) is 0 Å². The molecule has 1 aromatic carbocycles. The van der Waals surface area contributed by atoms with Crippen LogP contribution < -0.4 is 5.32 Å². The average Bonchev–Trinajstić information content (AvgIpc) is 2.92. The fourth-order valence-electron chi connectivity index (χ4n) is 4.11. The highest BCUT2D eigenvalue weighted by Gasteiger charge is 2.49. The lowest BCUT2D eigenvalue weighted by Crippen LogP contribution is -2.37. The van der Waals surface area contributed by atoms with E-state index in [9.17, 15) is 0 Å². The lowest BCUT2D eigenvalue weighted by atomic mass is 9.78. The van der Waals surface area contributed by atoms with Gasteiger partial charge in [-0.15, -0.1) is 0 Å². The maximum absolute atomic E-state index is 6.28. The van der Waals surface area contributed by atoms with Gasteiger partial charge in [0.15, 0.2) is 0 Å². The van der Waals surface area contributed by atoms with Crippen molar-refractivity contribution in [2.45, 2.75) is 64.6 Å². The van der Waals surface area contributed by atoms with Gasteiger partial charge in [0.25, 0.3) is 0 Å². The zero-order valence-corrected chi connectivity index (χ0v) is 13.8. The monoisotopic (exact) mass is 289 g/mol. The summed E-state index contributed by atoms with van der Waals surface area (Å²) in [5.41, 5.74) is 3.84. The largest absolute Gasteiger partial charge is 0.372 e. The van der Waals surface area contributed by atoms with Gasteiger partial charge in [0.1, 0.15) is 0 Å². The first-order valence-corrected chi connectivity index (χ1v) is 7.89. The summed E-state index contributed by atoms with van der Waals surface area (Å²) < 4.78 is 11.8. The molecule has 0 amide bonds. The minimum Gasteiger partial charge on any atom is -0.372 e.